The molecule has 1 heterocycles. The molecule has 0 unspecified atom stereocenters. The molecule has 1 aliphatic carbocycles. The van der Waals surface area contributed by atoms with Crippen molar-refractivity contribution in [3.63, 3.8) is 0 Å². The van der Waals surface area contributed by atoms with E-state index in [2.05, 4.69) is 21.2 Å². The predicted octanol–water partition coefficient (Wildman–Crippen LogP) is 2.55. The van der Waals surface area contributed by atoms with Crippen molar-refractivity contribution < 1.29 is 14.7 Å². The highest BCUT2D eigenvalue weighted by atomic mass is 79.9. The third-order valence-electron chi connectivity index (χ3n) is 4.06. The largest absolute Gasteiger partial charge is 0.481 e. The minimum Gasteiger partial charge on any atom is -0.481 e. The first-order valence-electron chi connectivity index (χ1n) is 6.78. The Morgan fingerprint density at radius 2 is 2.05 bits per heavy atom. The highest BCUT2D eigenvalue weighted by Gasteiger charge is 2.39. The lowest BCUT2D eigenvalue weighted by molar-refractivity contribution is -0.150. The zero-order valence-corrected chi connectivity index (χ0v) is 13.1. The zero-order chi connectivity index (χ0) is 14.8. The number of carboxylic acids is 1. The number of carboxylic acid groups (broad SMARTS) is 1. The van der Waals surface area contributed by atoms with Gasteiger partial charge in [-0.05, 0) is 34.8 Å². The first-order valence-corrected chi connectivity index (χ1v) is 7.57. The molecule has 20 heavy (non-hydrogen) atoms. The summed E-state index contributed by atoms with van der Waals surface area (Å²) >= 11 is 3.32. The summed E-state index contributed by atoms with van der Waals surface area (Å²) in [7, 11) is 1.78. The molecule has 0 spiro atoms. The van der Waals surface area contributed by atoms with Crippen molar-refractivity contribution in [3.8, 4) is 0 Å². The van der Waals surface area contributed by atoms with E-state index in [9.17, 15) is 14.7 Å². The van der Waals surface area contributed by atoms with Gasteiger partial charge in [0, 0.05) is 24.3 Å². The van der Waals surface area contributed by atoms with Crippen LogP contribution in [-0.2, 0) is 11.8 Å². The number of carbonyl (C=O) groups is 2. The zero-order valence-electron chi connectivity index (χ0n) is 11.5. The van der Waals surface area contributed by atoms with Gasteiger partial charge < -0.3 is 15.0 Å². The third-order valence-corrected chi connectivity index (χ3v) is 4.49. The van der Waals surface area contributed by atoms with E-state index >= 15 is 0 Å². The Balaban J connectivity index is 2.04. The number of halogens is 1. The molecular formula is C14H19BrN2O3. The van der Waals surface area contributed by atoms with Crippen LogP contribution in [0.2, 0.25) is 0 Å². The van der Waals surface area contributed by atoms with E-state index < -0.39 is 11.4 Å². The van der Waals surface area contributed by atoms with E-state index in [4.69, 9.17) is 0 Å². The Bertz CT molecular complexity index is 518. The summed E-state index contributed by atoms with van der Waals surface area (Å²) in [4.78, 5) is 23.7. The van der Waals surface area contributed by atoms with Crippen molar-refractivity contribution in [3.05, 3.63) is 22.4 Å². The molecule has 1 saturated carbocycles. The van der Waals surface area contributed by atoms with E-state index in [1.165, 1.54) is 0 Å². The predicted molar refractivity (Wildman–Crippen MR) is 78.6 cm³/mol. The van der Waals surface area contributed by atoms with Crippen molar-refractivity contribution in [1.82, 2.24) is 9.88 Å². The molecule has 0 aliphatic heterocycles. The number of amides is 1. The highest BCUT2D eigenvalue weighted by molar-refractivity contribution is 9.10. The Morgan fingerprint density at radius 3 is 2.55 bits per heavy atom. The molecule has 1 aliphatic rings. The monoisotopic (exact) mass is 342 g/mol. The van der Waals surface area contributed by atoms with Gasteiger partial charge in [-0.15, -0.1) is 0 Å². The summed E-state index contributed by atoms with van der Waals surface area (Å²) in [6.07, 6.45) is 5.98. The van der Waals surface area contributed by atoms with Crippen molar-refractivity contribution in [2.24, 2.45) is 12.5 Å². The fourth-order valence-electron chi connectivity index (χ4n) is 2.78. The maximum atomic E-state index is 12.1. The molecule has 6 heteroatoms. The number of carbonyl (C=O) groups excluding carboxylic acids is 1. The molecule has 0 bridgehead atoms. The lowest BCUT2D eigenvalue weighted by Crippen LogP contribution is -2.44. The first-order chi connectivity index (χ1) is 9.44. The normalized spacial score (nSPS) is 17.7. The molecule has 110 valence electrons. The van der Waals surface area contributed by atoms with E-state index in [0.29, 0.717) is 18.5 Å². The molecule has 2 rings (SSSR count). The van der Waals surface area contributed by atoms with Crippen LogP contribution >= 0.6 is 15.9 Å². The van der Waals surface area contributed by atoms with Gasteiger partial charge in [-0.2, -0.15) is 0 Å². The van der Waals surface area contributed by atoms with E-state index in [-0.39, 0.29) is 12.5 Å². The summed E-state index contributed by atoms with van der Waals surface area (Å²) in [6.45, 7) is 0.198. The summed E-state index contributed by atoms with van der Waals surface area (Å²) in [5.41, 5.74) is -0.274. The third kappa shape index (κ3) is 3.06. The number of aromatic nitrogens is 1. The summed E-state index contributed by atoms with van der Waals surface area (Å²) in [5, 5.41) is 12.3. The van der Waals surface area contributed by atoms with Crippen molar-refractivity contribution in [2.75, 3.05) is 6.54 Å². The van der Waals surface area contributed by atoms with Crippen LogP contribution in [0, 0.1) is 5.41 Å². The van der Waals surface area contributed by atoms with E-state index in [1.807, 2.05) is 0 Å². The van der Waals surface area contributed by atoms with Gasteiger partial charge >= 0.3 is 5.97 Å². The topological polar surface area (TPSA) is 71.3 Å². The van der Waals surface area contributed by atoms with E-state index in [1.54, 1.807) is 23.9 Å². The molecular weight excluding hydrogens is 324 g/mol. The summed E-state index contributed by atoms with van der Waals surface area (Å²) < 4.78 is 2.55. The molecule has 0 aromatic carbocycles. The standard InChI is InChI=1S/C14H19BrN2O3/c1-17-8-10(15)7-11(17)12(18)16-9-14(13(19)20)5-3-2-4-6-14/h7-8H,2-6,9H2,1H3,(H,16,18)(H,19,20). The second-order valence-electron chi connectivity index (χ2n) is 5.48. The second-order valence-corrected chi connectivity index (χ2v) is 6.40. The molecule has 2 N–H and O–H groups in total. The number of rotatable bonds is 4. The molecule has 1 aromatic rings. The van der Waals surface area contributed by atoms with Crippen LogP contribution in [0.3, 0.4) is 0 Å². The summed E-state index contributed by atoms with van der Waals surface area (Å²) in [6, 6.07) is 1.73. The first kappa shape index (κ1) is 15.1. The smallest absolute Gasteiger partial charge is 0.311 e. The van der Waals surface area contributed by atoms with Crippen LogP contribution < -0.4 is 5.32 Å². The van der Waals surface area contributed by atoms with Crippen molar-refractivity contribution >= 4 is 27.8 Å². The summed E-state index contributed by atoms with van der Waals surface area (Å²) in [5.74, 6) is -1.03. The van der Waals surface area contributed by atoms with Crippen molar-refractivity contribution in [1.29, 1.82) is 0 Å². The quantitative estimate of drug-likeness (QED) is 0.883. The average molecular weight is 343 g/mol. The Kier molecular flexibility index (Phi) is 4.52. The second kappa shape index (κ2) is 5.99. The molecule has 1 amide bonds. The molecule has 0 radical (unpaired) electrons. The molecule has 1 aromatic heterocycles. The van der Waals surface area contributed by atoms with Gasteiger partial charge in [0.25, 0.3) is 5.91 Å². The fraction of sp³-hybridized carbons (Fsp3) is 0.571. The van der Waals surface area contributed by atoms with Gasteiger partial charge in [0.15, 0.2) is 0 Å². The molecule has 5 nitrogen and oxygen atoms in total. The number of hydrogen-bond donors (Lipinski definition) is 2. The lowest BCUT2D eigenvalue weighted by Gasteiger charge is -2.33. The number of aryl methyl sites for hydroxylation is 1. The highest BCUT2D eigenvalue weighted by Crippen LogP contribution is 2.36. The molecule has 0 saturated heterocycles. The van der Waals surface area contributed by atoms with Gasteiger partial charge in [0.1, 0.15) is 5.69 Å². The van der Waals surface area contributed by atoms with Gasteiger partial charge in [0.05, 0.1) is 5.41 Å². The average Bonchev–Trinajstić information content (AvgIpc) is 2.76. The van der Waals surface area contributed by atoms with Gasteiger partial charge in [-0.1, -0.05) is 19.3 Å². The molecule has 0 atom stereocenters. The van der Waals surface area contributed by atoms with Crippen LogP contribution in [0.4, 0.5) is 0 Å². The van der Waals surface area contributed by atoms with Gasteiger partial charge in [0.2, 0.25) is 0 Å². The van der Waals surface area contributed by atoms with Crippen LogP contribution in [0.15, 0.2) is 16.7 Å². The number of hydrogen-bond acceptors (Lipinski definition) is 2. The Hall–Kier alpha value is -1.30. The minimum atomic E-state index is -0.800. The number of aliphatic carboxylic acids is 1. The number of nitrogens with zero attached hydrogens (tertiary/aromatic N) is 1. The van der Waals surface area contributed by atoms with Crippen LogP contribution in [0.1, 0.15) is 42.6 Å². The number of nitrogens with one attached hydrogen (secondary N) is 1. The Labute approximate surface area is 126 Å². The SMILES string of the molecule is Cn1cc(Br)cc1C(=O)NCC1(C(=O)O)CCCCC1. The van der Waals surface area contributed by atoms with E-state index in [0.717, 1.165) is 23.7 Å². The Morgan fingerprint density at radius 1 is 1.40 bits per heavy atom. The van der Waals surface area contributed by atoms with Crippen LogP contribution in [0.25, 0.3) is 0 Å². The lowest BCUT2D eigenvalue weighted by atomic mass is 9.74. The molecule has 1 fully saturated rings. The van der Waals surface area contributed by atoms with Gasteiger partial charge in [-0.3, -0.25) is 9.59 Å². The van der Waals surface area contributed by atoms with Crippen LogP contribution in [0.5, 0.6) is 0 Å². The maximum Gasteiger partial charge on any atom is 0.311 e. The minimum absolute atomic E-state index is 0.198. The van der Waals surface area contributed by atoms with Crippen molar-refractivity contribution in [2.45, 2.75) is 32.1 Å². The maximum absolute atomic E-state index is 12.1. The fourth-order valence-corrected chi connectivity index (χ4v) is 3.31. The van der Waals surface area contributed by atoms with Crippen LogP contribution in [-0.4, -0.2) is 28.1 Å². The van der Waals surface area contributed by atoms with Gasteiger partial charge in [-0.25, -0.2) is 0 Å².